The minimum Gasteiger partial charge on any atom is -0.444 e. The van der Waals surface area contributed by atoms with Crippen molar-refractivity contribution >= 4 is 6.09 Å². The van der Waals surface area contributed by atoms with Crippen LogP contribution in [0.3, 0.4) is 0 Å². The molecular weight excluding hydrogens is 220 g/mol. The van der Waals surface area contributed by atoms with Crippen LogP contribution in [0.5, 0.6) is 0 Å². The summed E-state index contributed by atoms with van der Waals surface area (Å²) in [5, 5.41) is 3.36. The third-order valence-corrected chi connectivity index (χ3v) is 2.50. The lowest BCUT2D eigenvalue weighted by Gasteiger charge is -2.28. The fourth-order valence-corrected chi connectivity index (χ4v) is 1.80. The molecule has 0 aromatic rings. The van der Waals surface area contributed by atoms with Gasteiger partial charge in [0.1, 0.15) is 5.60 Å². The van der Waals surface area contributed by atoms with Crippen LogP contribution in [0.4, 0.5) is 4.79 Å². The third-order valence-electron chi connectivity index (χ3n) is 2.50. The molecule has 0 aliphatic carbocycles. The van der Waals surface area contributed by atoms with Crippen molar-refractivity contribution in [2.24, 2.45) is 0 Å². The molecule has 0 saturated carbocycles. The first-order valence-electron chi connectivity index (χ1n) is 6.12. The molecule has 1 N–H and O–H groups in total. The Kier molecular flexibility index (Phi) is 5.21. The Morgan fingerprint density at radius 3 is 2.76 bits per heavy atom. The molecule has 5 heteroatoms. The summed E-state index contributed by atoms with van der Waals surface area (Å²) in [4.78, 5) is 13.7. The van der Waals surface area contributed by atoms with Crippen LogP contribution in [0.25, 0.3) is 0 Å². The van der Waals surface area contributed by atoms with E-state index in [-0.39, 0.29) is 12.1 Å². The number of nitrogens with zero attached hydrogens (tertiary/aromatic N) is 1. The van der Waals surface area contributed by atoms with E-state index in [2.05, 4.69) is 5.32 Å². The summed E-state index contributed by atoms with van der Waals surface area (Å²) in [6, 6.07) is 0.190. The summed E-state index contributed by atoms with van der Waals surface area (Å²) >= 11 is 0. The third kappa shape index (κ3) is 5.37. The van der Waals surface area contributed by atoms with Gasteiger partial charge in [0, 0.05) is 26.2 Å². The van der Waals surface area contributed by atoms with Crippen molar-refractivity contribution in [3.63, 3.8) is 0 Å². The van der Waals surface area contributed by atoms with Gasteiger partial charge in [-0.25, -0.2) is 4.79 Å². The van der Waals surface area contributed by atoms with Gasteiger partial charge < -0.3 is 19.7 Å². The Balaban J connectivity index is 2.53. The molecule has 1 amide bonds. The van der Waals surface area contributed by atoms with Crippen LogP contribution >= 0.6 is 0 Å². The van der Waals surface area contributed by atoms with Gasteiger partial charge in [-0.15, -0.1) is 0 Å². The fraction of sp³-hybridized carbons (Fsp3) is 0.917. The number of hydrogen-bond donors (Lipinski definition) is 1. The largest absolute Gasteiger partial charge is 0.444 e. The summed E-state index contributed by atoms with van der Waals surface area (Å²) in [5.41, 5.74) is -0.437. The van der Waals surface area contributed by atoms with E-state index in [1.807, 2.05) is 20.8 Å². The molecule has 1 atom stereocenters. The van der Waals surface area contributed by atoms with E-state index >= 15 is 0 Å². The highest BCUT2D eigenvalue weighted by Gasteiger charge is 2.25. The summed E-state index contributed by atoms with van der Waals surface area (Å²) in [7, 11) is 1.67. The second-order valence-corrected chi connectivity index (χ2v) is 5.39. The number of amides is 1. The van der Waals surface area contributed by atoms with Crippen molar-refractivity contribution in [1.29, 1.82) is 0 Å². The molecule has 0 bridgehead atoms. The van der Waals surface area contributed by atoms with Gasteiger partial charge in [0.15, 0.2) is 0 Å². The van der Waals surface area contributed by atoms with Crippen molar-refractivity contribution in [1.82, 2.24) is 10.2 Å². The van der Waals surface area contributed by atoms with E-state index in [9.17, 15) is 4.79 Å². The monoisotopic (exact) mass is 244 g/mol. The lowest BCUT2D eigenvalue weighted by molar-refractivity contribution is 0.0230. The van der Waals surface area contributed by atoms with Gasteiger partial charge in [-0.1, -0.05) is 0 Å². The first kappa shape index (κ1) is 14.3. The van der Waals surface area contributed by atoms with Crippen LogP contribution in [-0.2, 0) is 9.47 Å². The number of ether oxygens (including phenoxy) is 2. The predicted molar refractivity (Wildman–Crippen MR) is 66.1 cm³/mol. The van der Waals surface area contributed by atoms with Crippen molar-refractivity contribution in [3.05, 3.63) is 0 Å². The molecule has 1 rings (SSSR count). The van der Waals surface area contributed by atoms with E-state index in [4.69, 9.17) is 9.47 Å². The quantitative estimate of drug-likeness (QED) is 0.794. The molecule has 0 aromatic carbocycles. The molecule has 5 nitrogen and oxygen atoms in total. The van der Waals surface area contributed by atoms with Gasteiger partial charge in [-0.2, -0.15) is 0 Å². The zero-order valence-corrected chi connectivity index (χ0v) is 11.3. The Hall–Kier alpha value is -0.810. The van der Waals surface area contributed by atoms with Crippen LogP contribution in [0.2, 0.25) is 0 Å². The van der Waals surface area contributed by atoms with E-state index in [0.29, 0.717) is 13.2 Å². The van der Waals surface area contributed by atoms with Crippen molar-refractivity contribution in [3.8, 4) is 0 Å². The maximum atomic E-state index is 12.0. The maximum absolute atomic E-state index is 12.0. The van der Waals surface area contributed by atoms with Crippen LogP contribution in [0.1, 0.15) is 27.2 Å². The molecule has 0 spiro atoms. The van der Waals surface area contributed by atoms with Crippen LogP contribution in [-0.4, -0.2) is 56.0 Å². The van der Waals surface area contributed by atoms with Crippen LogP contribution in [0.15, 0.2) is 0 Å². The molecule has 0 radical (unpaired) electrons. The molecular formula is C12H24N2O3. The van der Waals surface area contributed by atoms with Crippen molar-refractivity contribution in [2.45, 2.75) is 38.8 Å². The number of hydrogen-bond acceptors (Lipinski definition) is 4. The minimum absolute atomic E-state index is 0.190. The number of methoxy groups -OCH3 is 1. The highest BCUT2D eigenvalue weighted by molar-refractivity contribution is 5.68. The van der Waals surface area contributed by atoms with Crippen LogP contribution < -0.4 is 5.32 Å². The molecule has 1 heterocycles. The second kappa shape index (κ2) is 6.21. The highest BCUT2D eigenvalue weighted by Crippen LogP contribution is 2.11. The van der Waals surface area contributed by atoms with Gasteiger partial charge in [0.05, 0.1) is 6.61 Å². The van der Waals surface area contributed by atoms with Gasteiger partial charge >= 0.3 is 6.09 Å². The van der Waals surface area contributed by atoms with E-state index < -0.39 is 5.60 Å². The lowest BCUT2D eigenvalue weighted by atomic mass is 10.2. The number of nitrogens with one attached hydrogen (secondary N) is 1. The summed E-state index contributed by atoms with van der Waals surface area (Å²) in [6.07, 6.45) is 0.710. The topological polar surface area (TPSA) is 50.8 Å². The van der Waals surface area contributed by atoms with Crippen molar-refractivity contribution < 1.29 is 14.3 Å². The SMILES string of the molecule is COCC1CN(C(=O)OC(C)(C)C)CCCN1. The number of carbonyl (C=O) groups is 1. The number of carbonyl (C=O) groups excluding carboxylic acids is 1. The smallest absolute Gasteiger partial charge is 0.410 e. The summed E-state index contributed by atoms with van der Waals surface area (Å²) < 4.78 is 10.5. The Labute approximate surface area is 103 Å². The predicted octanol–water partition coefficient (Wildman–Crippen LogP) is 1.23. The molecule has 1 aliphatic rings. The van der Waals surface area contributed by atoms with Gasteiger partial charge in [0.25, 0.3) is 0 Å². The first-order chi connectivity index (χ1) is 7.92. The number of rotatable bonds is 2. The average molecular weight is 244 g/mol. The molecule has 1 unspecified atom stereocenters. The standard InChI is InChI=1S/C12H24N2O3/c1-12(2,3)17-11(15)14-7-5-6-13-10(8-14)9-16-4/h10,13H,5-9H2,1-4H3. The summed E-state index contributed by atoms with van der Waals surface area (Å²) in [6.45, 7) is 8.55. The maximum Gasteiger partial charge on any atom is 0.410 e. The zero-order valence-electron chi connectivity index (χ0n) is 11.3. The first-order valence-corrected chi connectivity index (χ1v) is 6.12. The zero-order chi connectivity index (χ0) is 12.9. The van der Waals surface area contributed by atoms with Crippen molar-refractivity contribution in [2.75, 3.05) is 33.4 Å². The Bertz CT molecular complexity index is 251. The van der Waals surface area contributed by atoms with Gasteiger partial charge in [0.2, 0.25) is 0 Å². The van der Waals surface area contributed by atoms with Gasteiger partial charge in [-0.3, -0.25) is 0 Å². The molecule has 1 aliphatic heterocycles. The minimum atomic E-state index is -0.437. The van der Waals surface area contributed by atoms with E-state index in [0.717, 1.165) is 19.5 Å². The van der Waals surface area contributed by atoms with E-state index in [1.54, 1.807) is 12.0 Å². The molecule has 100 valence electrons. The Morgan fingerprint density at radius 1 is 1.47 bits per heavy atom. The molecule has 0 aromatic heterocycles. The average Bonchev–Trinajstić information content (AvgIpc) is 2.41. The lowest BCUT2D eigenvalue weighted by Crippen LogP contribution is -2.44. The van der Waals surface area contributed by atoms with E-state index in [1.165, 1.54) is 0 Å². The summed E-state index contributed by atoms with van der Waals surface area (Å²) in [5.74, 6) is 0. The highest BCUT2D eigenvalue weighted by atomic mass is 16.6. The molecule has 1 saturated heterocycles. The second-order valence-electron chi connectivity index (χ2n) is 5.39. The Morgan fingerprint density at radius 2 is 2.18 bits per heavy atom. The van der Waals surface area contributed by atoms with Gasteiger partial charge in [-0.05, 0) is 33.7 Å². The molecule has 1 fully saturated rings. The normalized spacial score (nSPS) is 22.1. The molecule has 17 heavy (non-hydrogen) atoms. The van der Waals surface area contributed by atoms with Crippen LogP contribution in [0, 0.1) is 0 Å². The fourth-order valence-electron chi connectivity index (χ4n) is 1.80.